The average Bonchev–Trinajstić information content (AvgIpc) is 2.59. The van der Waals surface area contributed by atoms with Crippen LogP contribution in [0.4, 0.5) is 5.69 Å². The number of nitro groups is 1. The van der Waals surface area contributed by atoms with Crippen molar-refractivity contribution in [1.29, 1.82) is 0 Å². The fourth-order valence-corrected chi connectivity index (χ4v) is 2.58. The van der Waals surface area contributed by atoms with E-state index in [4.69, 9.17) is 11.6 Å². The summed E-state index contributed by atoms with van der Waals surface area (Å²) in [5.74, 6) is -0.0624. The molecule has 0 spiro atoms. The van der Waals surface area contributed by atoms with Crippen LogP contribution in [-0.4, -0.2) is 22.3 Å². The van der Waals surface area contributed by atoms with E-state index in [0.29, 0.717) is 16.3 Å². The Bertz CT molecular complexity index is 778. The number of non-ortho nitro benzene ring substituents is 1. The van der Waals surface area contributed by atoms with Gasteiger partial charge in [-0.3, -0.25) is 14.9 Å². The van der Waals surface area contributed by atoms with Crippen LogP contribution in [0, 0.1) is 10.1 Å². The lowest BCUT2D eigenvalue weighted by Crippen LogP contribution is -2.21. The standard InChI is InChI=1S/C16H14ClN3O3S/c1-11(12-3-2-4-14(9-12)20(22)23)18-19-16(21)10-24-15-7-5-13(17)6-8-15/h2-9H,10H2,1H3,(H,19,21)/b18-11+. The minimum absolute atomic E-state index is 0.0216. The molecule has 124 valence electrons. The maximum atomic E-state index is 11.8. The summed E-state index contributed by atoms with van der Waals surface area (Å²) in [7, 11) is 0. The number of amides is 1. The van der Waals surface area contributed by atoms with Crippen molar-refractivity contribution < 1.29 is 9.72 Å². The summed E-state index contributed by atoms with van der Waals surface area (Å²) in [6.45, 7) is 1.67. The van der Waals surface area contributed by atoms with Crippen LogP contribution in [0.5, 0.6) is 0 Å². The molecule has 0 saturated heterocycles. The van der Waals surface area contributed by atoms with Crippen molar-refractivity contribution in [3.05, 3.63) is 69.2 Å². The van der Waals surface area contributed by atoms with Crippen LogP contribution in [0.1, 0.15) is 12.5 Å². The van der Waals surface area contributed by atoms with E-state index in [1.807, 2.05) is 12.1 Å². The van der Waals surface area contributed by atoms with Gasteiger partial charge < -0.3 is 0 Å². The van der Waals surface area contributed by atoms with Gasteiger partial charge in [-0.15, -0.1) is 11.8 Å². The highest BCUT2D eigenvalue weighted by molar-refractivity contribution is 8.00. The Morgan fingerprint density at radius 3 is 2.67 bits per heavy atom. The normalized spacial score (nSPS) is 11.2. The number of hydrogen-bond donors (Lipinski definition) is 1. The number of carbonyl (C=O) groups is 1. The largest absolute Gasteiger partial charge is 0.272 e. The van der Waals surface area contributed by atoms with Gasteiger partial charge in [-0.1, -0.05) is 23.7 Å². The van der Waals surface area contributed by atoms with E-state index in [9.17, 15) is 14.9 Å². The van der Waals surface area contributed by atoms with Gasteiger partial charge in [0.25, 0.3) is 5.69 Å². The Hall–Kier alpha value is -2.38. The molecular weight excluding hydrogens is 350 g/mol. The van der Waals surface area contributed by atoms with Crippen molar-refractivity contribution in [2.75, 3.05) is 5.75 Å². The Labute approximate surface area is 148 Å². The number of thioether (sulfide) groups is 1. The summed E-state index contributed by atoms with van der Waals surface area (Å²) in [6.07, 6.45) is 0. The summed E-state index contributed by atoms with van der Waals surface area (Å²) in [5, 5.41) is 15.4. The molecule has 0 unspecified atom stereocenters. The third kappa shape index (κ3) is 5.36. The van der Waals surface area contributed by atoms with E-state index >= 15 is 0 Å². The highest BCUT2D eigenvalue weighted by Gasteiger charge is 2.08. The molecule has 0 radical (unpaired) electrons. The molecule has 2 aromatic carbocycles. The first kappa shape index (κ1) is 18.0. The second-order valence-corrected chi connectivity index (χ2v) is 6.27. The monoisotopic (exact) mass is 363 g/mol. The van der Waals surface area contributed by atoms with Gasteiger partial charge in [0, 0.05) is 27.6 Å². The Morgan fingerprint density at radius 2 is 2.00 bits per heavy atom. The maximum absolute atomic E-state index is 11.8. The highest BCUT2D eigenvalue weighted by atomic mass is 35.5. The lowest BCUT2D eigenvalue weighted by atomic mass is 10.1. The Kier molecular flexibility index (Phi) is 6.34. The lowest BCUT2D eigenvalue weighted by Gasteiger charge is -2.03. The third-order valence-corrected chi connectivity index (χ3v) is 4.27. The van der Waals surface area contributed by atoms with E-state index in [1.54, 1.807) is 31.2 Å². The number of rotatable bonds is 6. The first-order valence-electron chi connectivity index (χ1n) is 6.92. The number of carbonyl (C=O) groups excluding carboxylic acids is 1. The van der Waals surface area contributed by atoms with Crippen molar-refractivity contribution >= 4 is 40.7 Å². The topological polar surface area (TPSA) is 84.6 Å². The van der Waals surface area contributed by atoms with Crippen LogP contribution in [0.3, 0.4) is 0 Å². The van der Waals surface area contributed by atoms with Crippen LogP contribution in [0.2, 0.25) is 5.02 Å². The number of benzene rings is 2. The number of halogens is 1. The SMILES string of the molecule is C/C(=N\NC(=O)CSc1ccc(Cl)cc1)c1cccc([N+](=O)[O-])c1. The molecule has 1 N–H and O–H groups in total. The minimum Gasteiger partial charge on any atom is -0.272 e. The highest BCUT2D eigenvalue weighted by Crippen LogP contribution is 2.20. The van der Waals surface area contributed by atoms with Crippen LogP contribution < -0.4 is 5.43 Å². The first-order chi connectivity index (χ1) is 11.5. The number of hydrazone groups is 1. The molecule has 0 bridgehead atoms. The molecule has 0 aliphatic heterocycles. The molecule has 24 heavy (non-hydrogen) atoms. The van der Waals surface area contributed by atoms with Crippen LogP contribution >= 0.6 is 23.4 Å². The summed E-state index contributed by atoms with van der Waals surface area (Å²) in [5.41, 5.74) is 3.49. The molecule has 0 fully saturated rings. The van der Waals surface area contributed by atoms with Gasteiger partial charge in [0.05, 0.1) is 16.4 Å². The summed E-state index contributed by atoms with van der Waals surface area (Å²) < 4.78 is 0. The lowest BCUT2D eigenvalue weighted by molar-refractivity contribution is -0.384. The van der Waals surface area contributed by atoms with E-state index in [-0.39, 0.29) is 17.3 Å². The minimum atomic E-state index is -0.474. The van der Waals surface area contributed by atoms with Crippen molar-refractivity contribution in [1.82, 2.24) is 5.43 Å². The number of hydrogen-bond acceptors (Lipinski definition) is 5. The van der Waals surface area contributed by atoms with Crippen LogP contribution in [0.15, 0.2) is 58.5 Å². The van der Waals surface area contributed by atoms with E-state index in [1.165, 1.54) is 23.9 Å². The molecule has 0 saturated carbocycles. The van der Waals surface area contributed by atoms with E-state index in [0.717, 1.165) is 4.90 Å². The summed E-state index contributed by atoms with van der Waals surface area (Å²) in [4.78, 5) is 23.0. The molecule has 0 heterocycles. The number of nitro benzene ring substituents is 1. The second kappa shape index (κ2) is 8.47. The molecule has 1 amide bonds. The van der Waals surface area contributed by atoms with Gasteiger partial charge in [-0.05, 0) is 31.2 Å². The zero-order valence-electron chi connectivity index (χ0n) is 12.7. The predicted octanol–water partition coefficient (Wildman–Crippen LogP) is 3.88. The predicted molar refractivity (Wildman–Crippen MR) is 95.6 cm³/mol. The number of nitrogens with one attached hydrogen (secondary N) is 1. The third-order valence-electron chi connectivity index (χ3n) is 3.01. The van der Waals surface area contributed by atoms with Crippen molar-refractivity contribution in [3.8, 4) is 0 Å². The maximum Gasteiger partial charge on any atom is 0.270 e. The van der Waals surface area contributed by atoms with Crippen molar-refractivity contribution in [3.63, 3.8) is 0 Å². The molecule has 0 aromatic heterocycles. The van der Waals surface area contributed by atoms with Gasteiger partial charge in [0.2, 0.25) is 5.91 Å². The van der Waals surface area contributed by atoms with E-state index in [2.05, 4.69) is 10.5 Å². The molecular formula is C16H14ClN3O3S. The summed E-state index contributed by atoms with van der Waals surface area (Å²) >= 11 is 7.16. The fraction of sp³-hybridized carbons (Fsp3) is 0.125. The van der Waals surface area contributed by atoms with Crippen LogP contribution in [0.25, 0.3) is 0 Å². The first-order valence-corrected chi connectivity index (χ1v) is 8.28. The van der Waals surface area contributed by atoms with Gasteiger partial charge in [-0.2, -0.15) is 5.10 Å². The van der Waals surface area contributed by atoms with Crippen molar-refractivity contribution in [2.45, 2.75) is 11.8 Å². The summed E-state index contributed by atoms with van der Waals surface area (Å²) in [6, 6.07) is 13.3. The molecule has 2 aromatic rings. The van der Waals surface area contributed by atoms with Gasteiger partial charge in [0.1, 0.15) is 0 Å². The quantitative estimate of drug-likeness (QED) is 0.365. The molecule has 8 heteroatoms. The molecule has 0 aliphatic carbocycles. The van der Waals surface area contributed by atoms with Crippen molar-refractivity contribution in [2.24, 2.45) is 5.10 Å². The molecule has 0 aliphatic rings. The molecule has 0 atom stereocenters. The average molecular weight is 364 g/mol. The van der Waals surface area contributed by atoms with Crippen LogP contribution in [-0.2, 0) is 4.79 Å². The van der Waals surface area contributed by atoms with Gasteiger partial charge in [0.15, 0.2) is 0 Å². The molecule has 2 rings (SSSR count). The Morgan fingerprint density at radius 1 is 1.29 bits per heavy atom. The molecule has 6 nitrogen and oxygen atoms in total. The Balaban J connectivity index is 1.91. The van der Waals surface area contributed by atoms with Gasteiger partial charge >= 0.3 is 0 Å². The fourth-order valence-electron chi connectivity index (χ4n) is 1.77. The second-order valence-electron chi connectivity index (χ2n) is 4.78. The smallest absolute Gasteiger partial charge is 0.270 e. The zero-order valence-corrected chi connectivity index (χ0v) is 14.3. The zero-order chi connectivity index (χ0) is 17.5. The van der Waals surface area contributed by atoms with Gasteiger partial charge in [-0.25, -0.2) is 5.43 Å². The number of nitrogens with zero attached hydrogens (tertiary/aromatic N) is 2. The van der Waals surface area contributed by atoms with E-state index < -0.39 is 4.92 Å².